The molecule has 0 spiro atoms. The molecule has 1 heterocycles. The fourth-order valence-corrected chi connectivity index (χ4v) is 2.97. The quantitative estimate of drug-likeness (QED) is 0.700. The van der Waals surface area contributed by atoms with E-state index in [-0.39, 0.29) is 0 Å². The van der Waals surface area contributed by atoms with Crippen LogP contribution < -0.4 is 10.1 Å². The molecule has 0 radical (unpaired) electrons. The van der Waals surface area contributed by atoms with Crippen LogP contribution in [0.5, 0.6) is 5.75 Å². The van der Waals surface area contributed by atoms with Gasteiger partial charge in [0, 0.05) is 16.9 Å². The van der Waals surface area contributed by atoms with Crippen molar-refractivity contribution in [2.24, 2.45) is 5.92 Å². The molecule has 5 nitrogen and oxygen atoms in total. The van der Waals surface area contributed by atoms with Crippen LogP contribution >= 0.6 is 22.9 Å². The third kappa shape index (κ3) is 6.11. The Morgan fingerprint density at radius 1 is 1.38 bits per heavy atom. The first-order chi connectivity index (χ1) is 11.4. The summed E-state index contributed by atoms with van der Waals surface area (Å²) in [6.45, 7) is 4.82. The van der Waals surface area contributed by atoms with Gasteiger partial charge in [-0.2, -0.15) is 0 Å². The molecule has 1 atom stereocenters. The van der Waals surface area contributed by atoms with Gasteiger partial charge in [-0.1, -0.05) is 25.4 Å². The van der Waals surface area contributed by atoms with Crippen LogP contribution in [0.25, 0.3) is 0 Å². The average Bonchev–Trinajstić information content (AvgIpc) is 2.98. The molecule has 2 rings (SSSR count). The van der Waals surface area contributed by atoms with E-state index in [4.69, 9.17) is 16.3 Å². The first-order valence-corrected chi connectivity index (χ1v) is 8.97. The number of ether oxygens (including phenoxy) is 1. The highest BCUT2D eigenvalue weighted by atomic mass is 35.5. The smallest absolute Gasteiger partial charge is 0.320 e. The lowest BCUT2D eigenvalue weighted by Crippen LogP contribution is -2.37. The van der Waals surface area contributed by atoms with Gasteiger partial charge in [0.25, 0.3) is 0 Å². The summed E-state index contributed by atoms with van der Waals surface area (Å²) in [5, 5.41) is 15.7. The molecule has 0 saturated carbocycles. The monoisotopic (exact) mass is 368 g/mol. The molecule has 0 amide bonds. The van der Waals surface area contributed by atoms with Gasteiger partial charge in [0.1, 0.15) is 23.4 Å². The second-order valence-corrected chi connectivity index (χ2v) is 7.26. The number of carboxylic acid groups (broad SMARTS) is 1. The standard InChI is InChI=1S/C17H21ClN2O3S/c1-11(2)7-15(17(21)22)19-8-13-10-24-16(20-13)9-23-14-5-3-12(18)4-6-14/h3-6,10-11,15,19H,7-9H2,1-2H3,(H,21,22)/t15-/m1/s1. The number of rotatable bonds is 9. The van der Waals surface area contributed by atoms with Crippen LogP contribution in [0, 0.1) is 5.92 Å². The second-order valence-electron chi connectivity index (χ2n) is 5.88. The number of nitrogens with one attached hydrogen (secondary N) is 1. The predicted octanol–water partition coefficient (Wildman–Crippen LogP) is 3.96. The van der Waals surface area contributed by atoms with Gasteiger partial charge in [-0.05, 0) is 36.6 Å². The first-order valence-electron chi connectivity index (χ1n) is 7.72. The van der Waals surface area contributed by atoms with E-state index in [2.05, 4.69) is 10.3 Å². The van der Waals surface area contributed by atoms with E-state index in [0.29, 0.717) is 30.5 Å². The molecule has 7 heteroatoms. The van der Waals surface area contributed by atoms with E-state index in [1.165, 1.54) is 11.3 Å². The second kappa shape index (κ2) is 9.01. The van der Waals surface area contributed by atoms with Crippen LogP contribution in [0.2, 0.25) is 5.02 Å². The van der Waals surface area contributed by atoms with Gasteiger partial charge in [-0.15, -0.1) is 11.3 Å². The molecule has 1 aromatic carbocycles. The summed E-state index contributed by atoms with van der Waals surface area (Å²) in [7, 11) is 0. The van der Waals surface area contributed by atoms with Crippen molar-refractivity contribution < 1.29 is 14.6 Å². The zero-order valence-electron chi connectivity index (χ0n) is 13.7. The summed E-state index contributed by atoms with van der Waals surface area (Å²) in [4.78, 5) is 15.7. The third-order valence-electron chi connectivity index (χ3n) is 3.31. The van der Waals surface area contributed by atoms with Crippen molar-refractivity contribution in [1.29, 1.82) is 0 Å². The van der Waals surface area contributed by atoms with Gasteiger partial charge >= 0.3 is 5.97 Å². The predicted molar refractivity (Wildman–Crippen MR) is 95.6 cm³/mol. The molecule has 2 aromatic rings. The molecule has 0 aliphatic heterocycles. The Morgan fingerprint density at radius 3 is 2.71 bits per heavy atom. The van der Waals surface area contributed by atoms with Crippen molar-refractivity contribution >= 4 is 28.9 Å². The number of hydrogen-bond donors (Lipinski definition) is 2. The fraction of sp³-hybridized carbons (Fsp3) is 0.412. The van der Waals surface area contributed by atoms with E-state index in [1.807, 2.05) is 31.4 Å². The van der Waals surface area contributed by atoms with Gasteiger partial charge in [0.15, 0.2) is 0 Å². The number of benzene rings is 1. The lowest BCUT2D eigenvalue weighted by atomic mass is 10.0. The van der Waals surface area contributed by atoms with E-state index in [0.717, 1.165) is 16.5 Å². The number of nitrogens with zero attached hydrogens (tertiary/aromatic N) is 1. The topological polar surface area (TPSA) is 71.5 Å². The van der Waals surface area contributed by atoms with E-state index in [9.17, 15) is 9.90 Å². The molecule has 0 unspecified atom stereocenters. The minimum absolute atomic E-state index is 0.317. The van der Waals surface area contributed by atoms with Crippen molar-refractivity contribution in [2.45, 2.75) is 39.5 Å². The fourth-order valence-electron chi connectivity index (χ4n) is 2.14. The summed E-state index contributed by atoms with van der Waals surface area (Å²) < 4.78 is 5.65. The highest BCUT2D eigenvalue weighted by molar-refractivity contribution is 7.09. The number of carbonyl (C=O) groups is 1. The summed E-state index contributed by atoms with van der Waals surface area (Å²) in [5.74, 6) is 0.222. The Bertz CT molecular complexity index is 658. The number of carboxylic acids is 1. The molecule has 0 fully saturated rings. The van der Waals surface area contributed by atoms with Gasteiger partial charge in [-0.3, -0.25) is 10.1 Å². The Hall–Kier alpha value is -1.63. The third-order valence-corrected chi connectivity index (χ3v) is 4.43. The maximum atomic E-state index is 11.2. The van der Waals surface area contributed by atoms with Crippen molar-refractivity contribution in [3.05, 3.63) is 45.4 Å². The molecule has 0 saturated heterocycles. The lowest BCUT2D eigenvalue weighted by molar-refractivity contribution is -0.140. The highest BCUT2D eigenvalue weighted by Crippen LogP contribution is 2.18. The largest absolute Gasteiger partial charge is 0.486 e. The maximum Gasteiger partial charge on any atom is 0.320 e. The van der Waals surface area contributed by atoms with E-state index >= 15 is 0 Å². The van der Waals surface area contributed by atoms with Crippen LogP contribution in [0.4, 0.5) is 0 Å². The molecule has 1 aromatic heterocycles. The SMILES string of the molecule is CC(C)C[C@@H](NCc1csc(COc2ccc(Cl)cc2)n1)C(=O)O. The van der Waals surface area contributed by atoms with Crippen LogP contribution in [0.3, 0.4) is 0 Å². The first kappa shape index (κ1) is 18.7. The van der Waals surface area contributed by atoms with Gasteiger partial charge in [0.2, 0.25) is 0 Å². The van der Waals surface area contributed by atoms with Crippen LogP contribution in [-0.2, 0) is 17.9 Å². The molecule has 0 aliphatic rings. The number of aromatic nitrogens is 1. The van der Waals surface area contributed by atoms with E-state index in [1.54, 1.807) is 12.1 Å². The Morgan fingerprint density at radius 2 is 2.08 bits per heavy atom. The Balaban J connectivity index is 1.83. The van der Waals surface area contributed by atoms with Crippen molar-refractivity contribution in [3.8, 4) is 5.75 Å². The summed E-state index contributed by atoms with van der Waals surface area (Å²) >= 11 is 7.33. The molecule has 0 bridgehead atoms. The number of hydrogen-bond acceptors (Lipinski definition) is 5. The zero-order valence-corrected chi connectivity index (χ0v) is 15.2. The Kier molecular flexibility index (Phi) is 7.02. The number of halogens is 1. The van der Waals surface area contributed by atoms with Crippen molar-refractivity contribution in [3.63, 3.8) is 0 Å². The molecular formula is C17H21ClN2O3S. The zero-order chi connectivity index (χ0) is 17.5. The van der Waals surface area contributed by atoms with Gasteiger partial charge < -0.3 is 9.84 Å². The summed E-state index contributed by atoms with van der Waals surface area (Å²) in [6.07, 6.45) is 0.589. The minimum Gasteiger partial charge on any atom is -0.486 e. The van der Waals surface area contributed by atoms with Crippen LogP contribution in [-0.4, -0.2) is 22.1 Å². The molecular weight excluding hydrogens is 348 g/mol. The summed E-state index contributed by atoms with van der Waals surface area (Å²) in [6, 6.07) is 6.60. The molecule has 2 N–H and O–H groups in total. The molecule has 0 aliphatic carbocycles. The minimum atomic E-state index is -0.828. The van der Waals surface area contributed by atoms with Crippen molar-refractivity contribution in [2.75, 3.05) is 0 Å². The maximum absolute atomic E-state index is 11.2. The highest BCUT2D eigenvalue weighted by Gasteiger charge is 2.18. The number of aliphatic carboxylic acids is 1. The Labute approximate surface area is 150 Å². The summed E-state index contributed by atoms with van der Waals surface area (Å²) in [5.41, 5.74) is 0.824. The molecule has 130 valence electrons. The number of thiazole rings is 1. The van der Waals surface area contributed by atoms with E-state index < -0.39 is 12.0 Å². The normalized spacial score (nSPS) is 12.3. The van der Waals surface area contributed by atoms with Crippen molar-refractivity contribution in [1.82, 2.24) is 10.3 Å². The van der Waals surface area contributed by atoms with Crippen LogP contribution in [0.15, 0.2) is 29.6 Å². The average molecular weight is 369 g/mol. The van der Waals surface area contributed by atoms with Gasteiger partial charge in [-0.25, -0.2) is 4.98 Å². The van der Waals surface area contributed by atoms with Crippen LogP contribution in [0.1, 0.15) is 31.0 Å². The molecule has 24 heavy (non-hydrogen) atoms. The van der Waals surface area contributed by atoms with Gasteiger partial charge in [0.05, 0.1) is 5.69 Å². The lowest BCUT2D eigenvalue weighted by Gasteiger charge is -2.15.